The Morgan fingerprint density at radius 1 is 1.02 bits per heavy atom. The molecule has 13 nitrogen and oxygen atoms in total. The molecule has 3 amide bonds. The van der Waals surface area contributed by atoms with Crippen molar-refractivity contribution in [3.63, 3.8) is 0 Å². The summed E-state index contributed by atoms with van der Waals surface area (Å²) in [5, 5.41) is 15.7. The topological polar surface area (TPSA) is 173 Å². The number of methoxy groups -OCH3 is 1. The lowest BCUT2D eigenvalue weighted by molar-refractivity contribution is -0.157. The molecule has 2 heterocycles. The van der Waals surface area contributed by atoms with Crippen LogP contribution in [0.25, 0.3) is 11.3 Å². The minimum atomic E-state index is -1.97. The molecule has 2 aromatic rings. The van der Waals surface area contributed by atoms with Crippen molar-refractivity contribution in [2.45, 2.75) is 63.7 Å². The summed E-state index contributed by atoms with van der Waals surface area (Å²) in [5.41, 5.74) is -0.580. The Morgan fingerprint density at radius 3 is 2.30 bits per heavy atom. The summed E-state index contributed by atoms with van der Waals surface area (Å²) in [7, 11) is 2.75. The van der Waals surface area contributed by atoms with Gasteiger partial charge in [0.15, 0.2) is 5.60 Å². The van der Waals surface area contributed by atoms with Gasteiger partial charge in [0.1, 0.15) is 11.7 Å². The van der Waals surface area contributed by atoms with E-state index >= 15 is 0 Å². The van der Waals surface area contributed by atoms with Crippen LogP contribution in [0.15, 0.2) is 48.5 Å². The lowest BCUT2D eigenvalue weighted by Crippen LogP contribution is -2.58. The smallest absolute Gasteiger partial charge is 0.506 e. The molecule has 4 atom stereocenters. The number of esters is 1. The number of amides is 3. The fourth-order valence-corrected chi connectivity index (χ4v) is 4.64. The number of aliphatic hydroxyl groups is 1. The van der Waals surface area contributed by atoms with E-state index in [1.54, 1.807) is 12.1 Å². The summed E-state index contributed by atoms with van der Waals surface area (Å²) < 4.78 is 16.2. The molecule has 236 valence electrons. The number of pyridine rings is 1. The van der Waals surface area contributed by atoms with Crippen LogP contribution < -0.4 is 10.6 Å². The van der Waals surface area contributed by atoms with Crippen molar-refractivity contribution in [1.29, 1.82) is 0 Å². The molecule has 14 heteroatoms. The Bertz CT molecular complexity index is 1360. The van der Waals surface area contributed by atoms with Gasteiger partial charge < -0.3 is 34.7 Å². The number of aromatic nitrogens is 1. The van der Waals surface area contributed by atoms with E-state index in [0.29, 0.717) is 5.69 Å². The minimum Gasteiger partial charge on any atom is -0.506 e. The molecule has 1 aromatic carbocycles. The molecule has 1 aliphatic heterocycles. The van der Waals surface area contributed by atoms with Crippen LogP contribution in [0.1, 0.15) is 50.5 Å². The van der Waals surface area contributed by atoms with Gasteiger partial charge in [0, 0.05) is 19.7 Å². The van der Waals surface area contributed by atoms with E-state index in [1.807, 2.05) is 44.2 Å². The van der Waals surface area contributed by atoms with Gasteiger partial charge in [-0.25, -0.2) is 4.98 Å². The predicted octanol–water partition coefficient (Wildman–Crippen LogP) is 1.14. The first-order valence-electron chi connectivity index (χ1n) is 14.2. The average molecular weight is 610 g/mol. The van der Waals surface area contributed by atoms with Crippen LogP contribution in [-0.4, -0.2) is 96.7 Å². The van der Waals surface area contributed by atoms with E-state index in [2.05, 4.69) is 15.6 Å². The SMILES string of the molecule is COC(=O)C[C@@]1(CC(=O)N(C)C)OB([C@H](CC(C)C)NC(=O)[C@@H](NC(=O)c2cccc(-c3ccccc3)n2)[C@@H](C)O)OC1=O. The second kappa shape index (κ2) is 14.9. The quantitative estimate of drug-likeness (QED) is 0.221. The van der Waals surface area contributed by atoms with Gasteiger partial charge in [0.2, 0.25) is 11.8 Å². The molecule has 44 heavy (non-hydrogen) atoms. The first-order valence-corrected chi connectivity index (χ1v) is 14.2. The molecule has 3 N–H and O–H groups in total. The highest BCUT2D eigenvalue weighted by atomic mass is 16.7. The van der Waals surface area contributed by atoms with Crippen LogP contribution in [0.3, 0.4) is 0 Å². The lowest BCUT2D eigenvalue weighted by atomic mass is 9.73. The zero-order chi connectivity index (χ0) is 32.6. The molecule has 0 unspecified atom stereocenters. The standard InChI is InChI=1S/C30H39BN4O9/c1-18(2)15-23(31-43-29(41)30(44-31,17-25(38)42-6)16-24(37)35(4)5)33-28(40)26(19(3)36)34-27(39)22-14-10-13-21(32-22)20-11-8-7-9-12-20/h7-14,18-19,23,26,36H,15-17H2,1-6H3,(H,33,40)(H,34,39)/t19-,23+,26+,30-/m1/s1. The number of nitrogens with zero attached hydrogens (tertiary/aromatic N) is 2. The Hall–Kier alpha value is -4.30. The molecular formula is C30H39BN4O9. The molecule has 0 radical (unpaired) electrons. The molecule has 1 fully saturated rings. The van der Waals surface area contributed by atoms with E-state index in [9.17, 15) is 29.1 Å². The number of carbonyl (C=O) groups excluding carboxylic acids is 5. The Morgan fingerprint density at radius 2 is 1.70 bits per heavy atom. The average Bonchev–Trinajstić information content (AvgIpc) is 3.30. The molecule has 0 spiro atoms. The van der Waals surface area contributed by atoms with E-state index in [-0.39, 0.29) is 18.0 Å². The first kappa shape index (κ1) is 34.2. The normalized spacial score (nSPS) is 18.2. The predicted molar refractivity (Wildman–Crippen MR) is 160 cm³/mol. The highest BCUT2D eigenvalue weighted by Gasteiger charge is 2.58. The van der Waals surface area contributed by atoms with Crippen LogP contribution in [0.2, 0.25) is 0 Å². The maximum absolute atomic E-state index is 13.5. The minimum absolute atomic E-state index is 0.0360. The van der Waals surface area contributed by atoms with Gasteiger partial charge >= 0.3 is 19.1 Å². The van der Waals surface area contributed by atoms with Gasteiger partial charge in [-0.2, -0.15) is 0 Å². The number of carbonyl (C=O) groups is 5. The van der Waals surface area contributed by atoms with Gasteiger partial charge in [-0.05, 0) is 31.4 Å². The zero-order valence-electron chi connectivity index (χ0n) is 25.7. The van der Waals surface area contributed by atoms with Gasteiger partial charge in [-0.3, -0.25) is 24.0 Å². The van der Waals surface area contributed by atoms with Crippen molar-refractivity contribution >= 4 is 36.8 Å². The Balaban J connectivity index is 1.81. The summed E-state index contributed by atoms with van der Waals surface area (Å²) >= 11 is 0. The second-order valence-corrected chi connectivity index (χ2v) is 11.3. The number of rotatable bonds is 13. The van der Waals surface area contributed by atoms with Gasteiger partial charge in [-0.15, -0.1) is 0 Å². The first-order chi connectivity index (χ1) is 20.8. The van der Waals surface area contributed by atoms with Crippen molar-refractivity contribution in [3.8, 4) is 11.3 Å². The fraction of sp³-hybridized carbons (Fsp3) is 0.467. The summed E-state index contributed by atoms with van der Waals surface area (Å²) in [5.74, 6) is -4.68. The molecule has 3 rings (SSSR count). The number of hydrogen-bond acceptors (Lipinski definition) is 10. The van der Waals surface area contributed by atoms with Gasteiger partial charge in [0.05, 0.1) is 37.7 Å². The molecular weight excluding hydrogens is 571 g/mol. The lowest BCUT2D eigenvalue weighted by Gasteiger charge is -2.28. The van der Waals surface area contributed by atoms with Crippen LogP contribution in [0.5, 0.6) is 0 Å². The monoisotopic (exact) mass is 610 g/mol. The van der Waals surface area contributed by atoms with E-state index in [1.165, 1.54) is 32.0 Å². The van der Waals surface area contributed by atoms with Crippen molar-refractivity contribution in [2.75, 3.05) is 21.2 Å². The molecule has 1 aromatic heterocycles. The second-order valence-electron chi connectivity index (χ2n) is 11.3. The maximum atomic E-state index is 13.5. The number of hydrogen-bond donors (Lipinski definition) is 3. The molecule has 0 saturated carbocycles. The van der Waals surface area contributed by atoms with Gasteiger partial charge in [0.25, 0.3) is 5.91 Å². The van der Waals surface area contributed by atoms with Crippen molar-refractivity contribution in [2.24, 2.45) is 5.92 Å². The maximum Gasteiger partial charge on any atom is 0.552 e. The van der Waals surface area contributed by atoms with Crippen molar-refractivity contribution in [3.05, 3.63) is 54.2 Å². The van der Waals surface area contributed by atoms with E-state index in [4.69, 9.17) is 14.0 Å². The van der Waals surface area contributed by atoms with Crippen LogP contribution in [0, 0.1) is 5.92 Å². The highest BCUT2D eigenvalue weighted by molar-refractivity contribution is 6.51. The third kappa shape index (κ3) is 8.63. The van der Waals surface area contributed by atoms with Crippen LogP contribution >= 0.6 is 0 Å². The number of aliphatic hydroxyl groups excluding tert-OH is 1. The summed E-state index contributed by atoms with van der Waals surface area (Å²) in [6.07, 6.45) is -2.14. The summed E-state index contributed by atoms with van der Waals surface area (Å²) in [6, 6.07) is 12.7. The fourth-order valence-electron chi connectivity index (χ4n) is 4.64. The van der Waals surface area contributed by atoms with E-state index < -0.39 is 73.3 Å². The van der Waals surface area contributed by atoms with Crippen LogP contribution in [-0.2, 0) is 33.2 Å². The molecule has 1 saturated heterocycles. The summed E-state index contributed by atoms with van der Waals surface area (Å²) in [6.45, 7) is 5.08. The third-order valence-electron chi connectivity index (χ3n) is 7.01. The van der Waals surface area contributed by atoms with Crippen LogP contribution in [0.4, 0.5) is 0 Å². The Labute approximate surface area is 256 Å². The number of benzene rings is 1. The summed E-state index contributed by atoms with van der Waals surface area (Å²) in [4.78, 5) is 70.2. The van der Waals surface area contributed by atoms with E-state index in [0.717, 1.165) is 12.7 Å². The molecule has 1 aliphatic rings. The molecule has 0 aliphatic carbocycles. The van der Waals surface area contributed by atoms with Crippen molar-refractivity contribution < 1.29 is 43.1 Å². The highest BCUT2D eigenvalue weighted by Crippen LogP contribution is 2.33. The number of ether oxygens (including phenoxy) is 1. The zero-order valence-corrected chi connectivity index (χ0v) is 25.7. The number of nitrogens with one attached hydrogen (secondary N) is 2. The largest absolute Gasteiger partial charge is 0.552 e. The Kier molecular flexibility index (Phi) is 11.6. The third-order valence-corrected chi connectivity index (χ3v) is 7.01. The van der Waals surface area contributed by atoms with Gasteiger partial charge in [-0.1, -0.05) is 50.2 Å². The molecule has 0 bridgehead atoms. The van der Waals surface area contributed by atoms with Crippen molar-refractivity contribution in [1.82, 2.24) is 20.5 Å².